The Hall–Kier alpha value is -3.00. The van der Waals surface area contributed by atoms with Gasteiger partial charge in [-0.1, -0.05) is 40.2 Å². The number of aliphatic hydroxyl groups is 1. The molecule has 0 unspecified atom stereocenters. The van der Waals surface area contributed by atoms with Crippen molar-refractivity contribution in [1.82, 2.24) is 5.32 Å². The van der Waals surface area contributed by atoms with E-state index in [1.165, 1.54) is 18.2 Å². The minimum absolute atomic E-state index is 0.132. The molecule has 1 saturated heterocycles. The molecular weight excluding hydrogens is 392 g/mol. The van der Waals surface area contributed by atoms with E-state index in [9.17, 15) is 24.8 Å². The molecule has 0 saturated carbocycles. The van der Waals surface area contributed by atoms with Gasteiger partial charge >= 0.3 is 0 Å². The molecule has 2 aromatic carbocycles. The number of nitrogens with one attached hydrogen (secondary N) is 1. The standard InChI is InChI=1S/C17H11BrN2O5/c18-11-6-4-9(5-7-11)15(21)13-14(19-17(23)16(13)22)10-2-1-3-12(8-10)20(24)25/h1-8,14,21H,(H,19,23)/t14-/m0/s1. The number of hydrogen-bond donors (Lipinski definition) is 2. The molecular formula is C17H11BrN2O5. The monoisotopic (exact) mass is 402 g/mol. The molecule has 2 N–H and O–H groups in total. The molecule has 1 atom stereocenters. The molecule has 25 heavy (non-hydrogen) atoms. The Morgan fingerprint density at radius 1 is 1.16 bits per heavy atom. The topological polar surface area (TPSA) is 110 Å². The van der Waals surface area contributed by atoms with E-state index in [-0.39, 0.29) is 17.0 Å². The van der Waals surface area contributed by atoms with Gasteiger partial charge in [-0.05, 0) is 17.7 Å². The highest BCUT2D eigenvalue weighted by molar-refractivity contribution is 9.10. The molecule has 7 nitrogen and oxygen atoms in total. The first kappa shape index (κ1) is 16.8. The number of non-ortho nitro benzene ring substituents is 1. The summed E-state index contributed by atoms with van der Waals surface area (Å²) in [5.74, 6) is -2.07. The van der Waals surface area contributed by atoms with Crippen molar-refractivity contribution in [3.05, 3.63) is 79.8 Å². The predicted octanol–water partition coefficient (Wildman–Crippen LogP) is 3.07. The molecule has 0 aliphatic carbocycles. The second-order valence-corrected chi connectivity index (χ2v) is 6.27. The highest BCUT2D eigenvalue weighted by Crippen LogP contribution is 2.34. The van der Waals surface area contributed by atoms with Crippen LogP contribution in [0.1, 0.15) is 17.2 Å². The third kappa shape index (κ3) is 3.16. The molecule has 126 valence electrons. The fraction of sp³-hybridized carbons (Fsp3) is 0.0588. The number of amides is 1. The summed E-state index contributed by atoms with van der Waals surface area (Å²) in [5.41, 5.74) is 0.395. The lowest BCUT2D eigenvalue weighted by Crippen LogP contribution is -2.21. The number of ketones is 1. The van der Waals surface area contributed by atoms with E-state index in [1.807, 2.05) is 0 Å². The van der Waals surface area contributed by atoms with Gasteiger partial charge in [0.1, 0.15) is 5.76 Å². The molecule has 1 amide bonds. The molecule has 0 aromatic heterocycles. The van der Waals surface area contributed by atoms with Crippen LogP contribution in [0.4, 0.5) is 5.69 Å². The summed E-state index contributed by atoms with van der Waals surface area (Å²) in [6.07, 6.45) is 0. The zero-order valence-electron chi connectivity index (χ0n) is 12.6. The first-order chi connectivity index (χ1) is 11.9. The van der Waals surface area contributed by atoms with Gasteiger partial charge in [0, 0.05) is 22.2 Å². The number of hydrogen-bond acceptors (Lipinski definition) is 5. The van der Waals surface area contributed by atoms with Gasteiger partial charge in [0.2, 0.25) is 0 Å². The Labute approximate surface area is 150 Å². The molecule has 0 bridgehead atoms. The fourth-order valence-electron chi connectivity index (χ4n) is 2.60. The average molecular weight is 403 g/mol. The molecule has 8 heteroatoms. The summed E-state index contributed by atoms with van der Waals surface area (Å²) in [6, 6.07) is 11.2. The van der Waals surface area contributed by atoms with Crippen LogP contribution in [0.3, 0.4) is 0 Å². The lowest BCUT2D eigenvalue weighted by atomic mass is 9.95. The Balaban J connectivity index is 2.12. The van der Waals surface area contributed by atoms with Gasteiger partial charge in [0.25, 0.3) is 17.4 Å². The number of benzene rings is 2. The van der Waals surface area contributed by atoms with E-state index in [1.54, 1.807) is 30.3 Å². The van der Waals surface area contributed by atoms with E-state index in [0.29, 0.717) is 11.1 Å². The summed E-state index contributed by atoms with van der Waals surface area (Å²) in [6.45, 7) is 0. The van der Waals surface area contributed by atoms with Crippen molar-refractivity contribution < 1.29 is 19.6 Å². The summed E-state index contributed by atoms with van der Waals surface area (Å²) in [4.78, 5) is 34.4. The second kappa shape index (κ2) is 6.48. The number of nitro groups is 1. The highest BCUT2D eigenvalue weighted by atomic mass is 79.9. The molecule has 1 aliphatic heterocycles. The first-order valence-electron chi connectivity index (χ1n) is 7.17. The maximum atomic E-state index is 12.2. The lowest BCUT2D eigenvalue weighted by Gasteiger charge is -2.13. The summed E-state index contributed by atoms with van der Waals surface area (Å²) >= 11 is 3.27. The molecule has 1 heterocycles. The largest absolute Gasteiger partial charge is 0.507 e. The zero-order chi connectivity index (χ0) is 18.1. The molecule has 3 rings (SSSR count). The van der Waals surface area contributed by atoms with Crippen LogP contribution in [-0.4, -0.2) is 21.7 Å². The summed E-state index contributed by atoms with van der Waals surface area (Å²) in [7, 11) is 0. The van der Waals surface area contributed by atoms with Gasteiger partial charge in [0.15, 0.2) is 0 Å². The lowest BCUT2D eigenvalue weighted by molar-refractivity contribution is -0.384. The normalized spacial score (nSPS) is 18.8. The Kier molecular flexibility index (Phi) is 4.37. The third-order valence-corrected chi connectivity index (χ3v) is 4.33. The van der Waals surface area contributed by atoms with E-state index >= 15 is 0 Å². The van der Waals surface area contributed by atoms with Crippen molar-refractivity contribution in [2.75, 3.05) is 0 Å². The SMILES string of the molecule is O=C1N[C@@H](c2cccc([N+](=O)[O-])c2)C(=C(O)c2ccc(Br)cc2)C1=O. The van der Waals surface area contributed by atoms with E-state index in [0.717, 1.165) is 4.47 Å². The van der Waals surface area contributed by atoms with Crippen molar-refractivity contribution in [1.29, 1.82) is 0 Å². The molecule has 1 aliphatic rings. The Bertz CT molecular complexity index is 921. The smallest absolute Gasteiger partial charge is 0.293 e. The van der Waals surface area contributed by atoms with Crippen molar-refractivity contribution >= 4 is 39.1 Å². The first-order valence-corrected chi connectivity index (χ1v) is 7.96. The molecule has 2 aromatic rings. The van der Waals surface area contributed by atoms with Crippen LogP contribution in [0.5, 0.6) is 0 Å². The van der Waals surface area contributed by atoms with Gasteiger partial charge in [-0.15, -0.1) is 0 Å². The van der Waals surface area contributed by atoms with Crippen LogP contribution in [0.2, 0.25) is 0 Å². The van der Waals surface area contributed by atoms with Gasteiger partial charge in [-0.3, -0.25) is 19.7 Å². The fourth-order valence-corrected chi connectivity index (χ4v) is 2.86. The van der Waals surface area contributed by atoms with Crippen molar-refractivity contribution in [3.8, 4) is 0 Å². The van der Waals surface area contributed by atoms with Crippen molar-refractivity contribution in [3.63, 3.8) is 0 Å². The van der Waals surface area contributed by atoms with Crippen LogP contribution in [0.25, 0.3) is 5.76 Å². The predicted molar refractivity (Wildman–Crippen MR) is 92.7 cm³/mol. The quantitative estimate of drug-likeness (QED) is 0.269. The average Bonchev–Trinajstić information content (AvgIpc) is 2.90. The Morgan fingerprint density at radius 2 is 1.84 bits per heavy atom. The number of carbonyl (C=O) groups is 2. The summed E-state index contributed by atoms with van der Waals surface area (Å²) in [5, 5.41) is 23.9. The second-order valence-electron chi connectivity index (χ2n) is 5.36. The summed E-state index contributed by atoms with van der Waals surface area (Å²) < 4.78 is 0.788. The van der Waals surface area contributed by atoms with Crippen molar-refractivity contribution in [2.24, 2.45) is 0 Å². The number of aliphatic hydroxyl groups excluding tert-OH is 1. The van der Waals surface area contributed by atoms with Crippen LogP contribution in [0.15, 0.2) is 58.6 Å². The van der Waals surface area contributed by atoms with E-state index in [2.05, 4.69) is 21.2 Å². The van der Waals surface area contributed by atoms with Gasteiger partial charge in [0.05, 0.1) is 16.5 Å². The van der Waals surface area contributed by atoms with Crippen molar-refractivity contribution in [2.45, 2.75) is 6.04 Å². The number of halogens is 1. The maximum Gasteiger partial charge on any atom is 0.293 e. The molecule has 0 spiro atoms. The maximum absolute atomic E-state index is 12.2. The van der Waals surface area contributed by atoms with Gasteiger partial charge in [-0.2, -0.15) is 0 Å². The minimum atomic E-state index is -0.955. The molecule has 1 fully saturated rings. The van der Waals surface area contributed by atoms with Crippen LogP contribution >= 0.6 is 15.9 Å². The zero-order valence-corrected chi connectivity index (χ0v) is 14.2. The Morgan fingerprint density at radius 3 is 2.48 bits per heavy atom. The van der Waals surface area contributed by atoms with E-state index in [4.69, 9.17) is 0 Å². The van der Waals surface area contributed by atoms with E-state index < -0.39 is 22.7 Å². The number of nitrogens with zero attached hydrogens (tertiary/aromatic N) is 1. The number of carbonyl (C=O) groups excluding carboxylic acids is 2. The van der Waals surface area contributed by atoms with Crippen LogP contribution in [-0.2, 0) is 9.59 Å². The number of Topliss-reactive ketones (excluding diaryl/α,β-unsaturated/α-hetero) is 1. The van der Waals surface area contributed by atoms with Crippen LogP contribution in [0, 0.1) is 10.1 Å². The van der Waals surface area contributed by atoms with Crippen LogP contribution < -0.4 is 5.32 Å². The highest BCUT2D eigenvalue weighted by Gasteiger charge is 2.39. The molecule has 0 radical (unpaired) electrons. The minimum Gasteiger partial charge on any atom is -0.507 e. The van der Waals surface area contributed by atoms with Gasteiger partial charge < -0.3 is 10.4 Å². The number of rotatable bonds is 3. The van der Waals surface area contributed by atoms with Gasteiger partial charge in [-0.25, -0.2) is 0 Å². The number of nitro benzene ring substituents is 1. The third-order valence-electron chi connectivity index (χ3n) is 3.80.